The Bertz CT molecular complexity index is 441. The van der Waals surface area contributed by atoms with E-state index in [0.717, 1.165) is 0 Å². The number of carboxylic acids is 1. The van der Waals surface area contributed by atoms with Crippen LogP contribution in [-0.4, -0.2) is 27.8 Å². The van der Waals surface area contributed by atoms with E-state index < -0.39 is 23.6 Å². The van der Waals surface area contributed by atoms with E-state index in [1.807, 2.05) is 0 Å². The molecule has 0 saturated heterocycles. The molecule has 0 aliphatic heterocycles. The molecule has 98 valence electrons. The van der Waals surface area contributed by atoms with Crippen LogP contribution in [0.2, 0.25) is 0 Å². The number of aliphatic hydroxyl groups is 1. The van der Waals surface area contributed by atoms with Crippen LogP contribution in [0.1, 0.15) is 42.8 Å². The standard InChI is InChI=1S/C13H16O5/c1-13(2,3)18-12(17)9-6-4-8(5-7-9)10(14)11(15)16/h4-7,10,14H,1-3H3,(H,15,16)/t10-/m0/s1. The van der Waals surface area contributed by atoms with Crippen LogP contribution < -0.4 is 0 Å². The molecule has 5 heteroatoms. The van der Waals surface area contributed by atoms with Gasteiger partial charge in [0.1, 0.15) is 5.60 Å². The molecule has 1 aromatic carbocycles. The molecule has 1 aromatic rings. The summed E-state index contributed by atoms with van der Waals surface area (Å²) < 4.78 is 5.15. The van der Waals surface area contributed by atoms with Gasteiger partial charge in [-0.25, -0.2) is 9.59 Å². The van der Waals surface area contributed by atoms with Crippen molar-refractivity contribution in [3.63, 3.8) is 0 Å². The van der Waals surface area contributed by atoms with Crippen molar-refractivity contribution in [2.24, 2.45) is 0 Å². The zero-order valence-corrected chi connectivity index (χ0v) is 10.5. The molecule has 0 fully saturated rings. The minimum atomic E-state index is -1.59. The third-order valence-electron chi connectivity index (χ3n) is 2.09. The van der Waals surface area contributed by atoms with Crippen molar-refractivity contribution in [2.75, 3.05) is 0 Å². The summed E-state index contributed by atoms with van der Waals surface area (Å²) in [5, 5.41) is 17.9. The summed E-state index contributed by atoms with van der Waals surface area (Å²) in [7, 11) is 0. The van der Waals surface area contributed by atoms with Gasteiger partial charge >= 0.3 is 11.9 Å². The maximum atomic E-state index is 11.7. The summed E-state index contributed by atoms with van der Waals surface area (Å²) in [5.74, 6) is -1.82. The predicted molar refractivity (Wildman–Crippen MR) is 64.2 cm³/mol. The lowest BCUT2D eigenvalue weighted by atomic mass is 10.1. The molecule has 0 amide bonds. The number of aliphatic hydroxyl groups excluding tert-OH is 1. The highest BCUT2D eigenvalue weighted by Crippen LogP contribution is 2.16. The normalized spacial score (nSPS) is 12.9. The highest BCUT2D eigenvalue weighted by molar-refractivity contribution is 5.89. The molecule has 18 heavy (non-hydrogen) atoms. The van der Waals surface area contributed by atoms with Crippen LogP contribution in [0.25, 0.3) is 0 Å². The van der Waals surface area contributed by atoms with Crippen molar-refractivity contribution in [3.05, 3.63) is 35.4 Å². The third kappa shape index (κ3) is 3.85. The molecule has 0 aliphatic rings. The Morgan fingerprint density at radius 3 is 2.06 bits per heavy atom. The van der Waals surface area contributed by atoms with Crippen LogP contribution in [-0.2, 0) is 9.53 Å². The van der Waals surface area contributed by atoms with Crippen LogP contribution in [0.5, 0.6) is 0 Å². The Kier molecular flexibility index (Phi) is 4.08. The summed E-state index contributed by atoms with van der Waals surface area (Å²) in [6.07, 6.45) is -1.59. The van der Waals surface area contributed by atoms with Crippen molar-refractivity contribution < 1.29 is 24.5 Å². The predicted octanol–water partition coefficient (Wildman–Crippen LogP) is 1.76. The van der Waals surface area contributed by atoms with Gasteiger partial charge in [-0.15, -0.1) is 0 Å². The lowest BCUT2D eigenvalue weighted by molar-refractivity contribution is -0.146. The molecule has 1 atom stereocenters. The zero-order chi connectivity index (χ0) is 13.9. The van der Waals surface area contributed by atoms with Gasteiger partial charge in [0.15, 0.2) is 6.10 Å². The highest BCUT2D eigenvalue weighted by atomic mass is 16.6. The fourth-order valence-electron chi connectivity index (χ4n) is 1.28. The molecular formula is C13H16O5. The Morgan fingerprint density at radius 2 is 1.67 bits per heavy atom. The van der Waals surface area contributed by atoms with Crippen molar-refractivity contribution in [3.8, 4) is 0 Å². The smallest absolute Gasteiger partial charge is 0.338 e. The zero-order valence-electron chi connectivity index (χ0n) is 10.5. The molecule has 1 rings (SSSR count). The van der Waals surface area contributed by atoms with Gasteiger partial charge in [0, 0.05) is 0 Å². The molecule has 0 bridgehead atoms. The molecule has 5 nitrogen and oxygen atoms in total. The lowest BCUT2D eigenvalue weighted by Gasteiger charge is -2.19. The number of benzene rings is 1. The van der Waals surface area contributed by atoms with E-state index in [2.05, 4.69) is 0 Å². The second kappa shape index (κ2) is 5.18. The first-order valence-corrected chi connectivity index (χ1v) is 5.45. The lowest BCUT2D eigenvalue weighted by Crippen LogP contribution is -2.23. The Morgan fingerprint density at radius 1 is 1.17 bits per heavy atom. The Balaban J connectivity index is 2.83. The number of hydrogen-bond acceptors (Lipinski definition) is 4. The molecule has 0 aliphatic carbocycles. The van der Waals surface area contributed by atoms with Crippen LogP contribution >= 0.6 is 0 Å². The van der Waals surface area contributed by atoms with Gasteiger partial charge < -0.3 is 14.9 Å². The van der Waals surface area contributed by atoms with E-state index in [1.165, 1.54) is 24.3 Å². The largest absolute Gasteiger partial charge is 0.479 e. The van der Waals surface area contributed by atoms with E-state index in [9.17, 15) is 14.7 Å². The molecule has 2 N–H and O–H groups in total. The maximum absolute atomic E-state index is 11.7. The van der Waals surface area contributed by atoms with E-state index >= 15 is 0 Å². The topological polar surface area (TPSA) is 83.8 Å². The number of rotatable bonds is 3. The third-order valence-corrected chi connectivity index (χ3v) is 2.09. The van der Waals surface area contributed by atoms with Crippen molar-refractivity contribution >= 4 is 11.9 Å². The Hall–Kier alpha value is -1.88. The number of carboxylic acid groups (broad SMARTS) is 1. The second-order valence-corrected chi connectivity index (χ2v) is 4.86. The average Bonchev–Trinajstić information content (AvgIpc) is 2.26. The van der Waals surface area contributed by atoms with Gasteiger partial charge in [-0.05, 0) is 38.5 Å². The van der Waals surface area contributed by atoms with E-state index in [4.69, 9.17) is 9.84 Å². The van der Waals surface area contributed by atoms with Gasteiger partial charge in [0.25, 0.3) is 0 Å². The Labute approximate surface area is 105 Å². The fraction of sp³-hybridized carbons (Fsp3) is 0.385. The van der Waals surface area contributed by atoms with E-state index in [0.29, 0.717) is 5.56 Å². The molecule has 0 spiro atoms. The minimum absolute atomic E-state index is 0.217. The second-order valence-electron chi connectivity index (χ2n) is 4.86. The number of hydrogen-bond donors (Lipinski definition) is 2. The van der Waals surface area contributed by atoms with Crippen LogP contribution in [0.4, 0.5) is 0 Å². The number of ether oxygens (including phenoxy) is 1. The van der Waals surface area contributed by atoms with Crippen LogP contribution in [0.15, 0.2) is 24.3 Å². The molecule has 0 aromatic heterocycles. The summed E-state index contributed by atoms with van der Waals surface area (Å²) in [4.78, 5) is 22.2. The molecule has 0 heterocycles. The first-order valence-electron chi connectivity index (χ1n) is 5.45. The summed E-state index contributed by atoms with van der Waals surface area (Å²) >= 11 is 0. The molecule has 0 saturated carbocycles. The van der Waals surface area contributed by atoms with Gasteiger partial charge in [-0.1, -0.05) is 12.1 Å². The molecule has 0 unspecified atom stereocenters. The van der Waals surface area contributed by atoms with Crippen molar-refractivity contribution in [1.29, 1.82) is 0 Å². The average molecular weight is 252 g/mol. The van der Waals surface area contributed by atoms with E-state index in [-0.39, 0.29) is 5.56 Å². The van der Waals surface area contributed by atoms with Gasteiger partial charge in [0.05, 0.1) is 5.56 Å². The summed E-state index contributed by atoms with van der Waals surface area (Å²) in [6.45, 7) is 5.27. The number of esters is 1. The number of carbonyl (C=O) groups is 2. The van der Waals surface area contributed by atoms with Gasteiger partial charge in [0.2, 0.25) is 0 Å². The molecular weight excluding hydrogens is 236 g/mol. The fourth-order valence-corrected chi connectivity index (χ4v) is 1.28. The number of carbonyl (C=O) groups excluding carboxylic acids is 1. The van der Waals surface area contributed by atoms with Gasteiger partial charge in [-0.3, -0.25) is 0 Å². The monoisotopic (exact) mass is 252 g/mol. The van der Waals surface area contributed by atoms with Crippen LogP contribution in [0, 0.1) is 0 Å². The summed E-state index contributed by atoms with van der Waals surface area (Å²) in [6, 6.07) is 5.63. The van der Waals surface area contributed by atoms with Crippen molar-refractivity contribution in [1.82, 2.24) is 0 Å². The van der Waals surface area contributed by atoms with Crippen LogP contribution in [0.3, 0.4) is 0 Å². The quantitative estimate of drug-likeness (QED) is 0.801. The van der Waals surface area contributed by atoms with E-state index in [1.54, 1.807) is 20.8 Å². The minimum Gasteiger partial charge on any atom is -0.479 e. The maximum Gasteiger partial charge on any atom is 0.338 e. The van der Waals surface area contributed by atoms with Crippen molar-refractivity contribution in [2.45, 2.75) is 32.5 Å². The first kappa shape index (κ1) is 14.2. The number of aliphatic carboxylic acids is 1. The van der Waals surface area contributed by atoms with Gasteiger partial charge in [-0.2, -0.15) is 0 Å². The SMILES string of the molecule is CC(C)(C)OC(=O)c1ccc([C@H](O)C(=O)O)cc1. The summed E-state index contributed by atoms with van der Waals surface area (Å²) in [5.41, 5.74) is -0.0582. The highest BCUT2D eigenvalue weighted by Gasteiger charge is 2.19. The first-order chi connectivity index (χ1) is 8.20. The molecule has 0 radical (unpaired) electrons.